The Morgan fingerprint density at radius 1 is 1.33 bits per heavy atom. The van der Waals surface area contributed by atoms with E-state index in [1.165, 1.54) is 0 Å². The third-order valence-electron chi connectivity index (χ3n) is 1.20. The molecule has 2 rings (SSSR count). The highest BCUT2D eigenvalue weighted by Gasteiger charge is 1.94. The first-order chi connectivity index (χ1) is 7.35. The molecule has 0 amide bonds. The number of nitrogens with zero attached hydrogens (tertiary/aromatic N) is 1. The van der Waals surface area contributed by atoms with Gasteiger partial charge in [0.1, 0.15) is 0 Å². The van der Waals surface area contributed by atoms with Gasteiger partial charge in [0.2, 0.25) is 0 Å². The molecule has 84 valence electrons. The van der Waals surface area contributed by atoms with Crippen molar-refractivity contribution in [2.24, 2.45) is 0 Å². The van der Waals surface area contributed by atoms with Crippen LogP contribution >= 0.6 is 0 Å². The van der Waals surface area contributed by atoms with Gasteiger partial charge < -0.3 is 14.9 Å². The lowest BCUT2D eigenvalue weighted by atomic mass is 10.4. The maximum Gasteiger partial charge on any atom is 0.0701 e. The fraction of sp³-hybridized carbons (Fsp3) is 0.364. The maximum absolute atomic E-state index is 7.62. The van der Waals surface area contributed by atoms with Crippen LogP contribution in [0.4, 0.5) is 0 Å². The van der Waals surface area contributed by atoms with Gasteiger partial charge in [-0.15, -0.1) is 0 Å². The van der Waals surface area contributed by atoms with E-state index < -0.39 is 0 Å². The molecule has 1 saturated heterocycles. The number of aromatic nitrogens is 1. The Labute approximate surface area is 89.9 Å². The highest BCUT2D eigenvalue weighted by molar-refractivity contribution is 5.40. The van der Waals surface area contributed by atoms with E-state index in [0.717, 1.165) is 18.9 Å². The van der Waals surface area contributed by atoms with Gasteiger partial charge in [-0.25, -0.2) is 0 Å². The van der Waals surface area contributed by atoms with Crippen LogP contribution in [0.2, 0.25) is 0 Å². The van der Waals surface area contributed by atoms with Crippen molar-refractivity contribution in [3.8, 4) is 0 Å². The van der Waals surface area contributed by atoms with E-state index in [2.05, 4.69) is 16.3 Å². The van der Waals surface area contributed by atoms with Gasteiger partial charge in [0.05, 0.1) is 32.1 Å². The molecule has 0 spiro atoms. The fourth-order valence-corrected chi connectivity index (χ4v) is 0.497. The number of aliphatic hydroxyl groups excluding tert-OH is 2. The fourth-order valence-electron chi connectivity index (χ4n) is 0.497. The Bertz CT molecular complexity index is 232. The molecule has 1 fully saturated rings. The number of hydrogen-bond donors (Lipinski definition) is 2. The van der Waals surface area contributed by atoms with Crippen molar-refractivity contribution in [1.29, 1.82) is 0 Å². The second kappa shape index (κ2) is 10.8. The number of epoxide rings is 1. The number of aliphatic hydroxyl groups is 2. The standard InChI is InChI=1S/C7H7N.C2H6O2.C2H4O/c1-2-7-5-3-4-6-8-7;3-1-2-4;1-2-3-1/h2-6H,1H2;3-4H,1-2H2;1-2H2. The van der Waals surface area contributed by atoms with Gasteiger partial charge in [0, 0.05) is 6.20 Å². The second-order valence-corrected chi connectivity index (χ2v) is 2.52. The smallest absolute Gasteiger partial charge is 0.0701 e. The van der Waals surface area contributed by atoms with E-state index in [-0.39, 0.29) is 13.2 Å². The van der Waals surface area contributed by atoms with Gasteiger partial charge in [0.15, 0.2) is 0 Å². The molecule has 4 heteroatoms. The normalized spacial score (nSPS) is 11.3. The highest BCUT2D eigenvalue weighted by atomic mass is 16.6. The van der Waals surface area contributed by atoms with Crippen LogP contribution < -0.4 is 0 Å². The summed E-state index contributed by atoms with van der Waals surface area (Å²) in [5.74, 6) is 0. The van der Waals surface area contributed by atoms with Crippen molar-refractivity contribution in [2.45, 2.75) is 0 Å². The molecule has 2 N–H and O–H groups in total. The number of pyridine rings is 1. The van der Waals surface area contributed by atoms with Crippen molar-refractivity contribution < 1.29 is 14.9 Å². The zero-order chi connectivity index (χ0) is 11.4. The third-order valence-corrected chi connectivity index (χ3v) is 1.20. The molecule has 1 aliphatic heterocycles. The van der Waals surface area contributed by atoms with Crippen molar-refractivity contribution >= 4 is 6.08 Å². The van der Waals surface area contributed by atoms with Crippen molar-refractivity contribution in [3.63, 3.8) is 0 Å². The molecule has 0 radical (unpaired) electrons. The summed E-state index contributed by atoms with van der Waals surface area (Å²) in [5, 5.41) is 15.2. The van der Waals surface area contributed by atoms with E-state index >= 15 is 0 Å². The summed E-state index contributed by atoms with van der Waals surface area (Å²) < 4.78 is 4.50. The van der Waals surface area contributed by atoms with Gasteiger partial charge in [-0.3, -0.25) is 4.98 Å². The molecule has 0 aliphatic carbocycles. The van der Waals surface area contributed by atoms with Crippen LogP contribution in [0.3, 0.4) is 0 Å². The van der Waals surface area contributed by atoms with Crippen LogP contribution in [0.5, 0.6) is 0 Å². The minimum Gasteiger partial charge on any atom is -0.394 e. The Morgan fingerprint density at radius 2 is 1.93 bits per heavy atom. The molecule has 1 aliphatic rings. The zero-order valence-corrected chi connectivity index (χ0v) is 8.67. The predicted octanol–water partition coefficient (Wildman–Crippen LogP) is 0.712. The first-order valence-corrected chi connectivity index (χ1v) is 4.68. The molecule has 15 heavy (non-hydrogen) atoms. The summed E-state index contributed by atoms with van der Waals surface area (Å²) in [6.07, 6.45) is 3.47. The van der Waals surface area contributed by atoms with E-state index in [9.17, 15) is 0 Å². The molecule has 0 saturated carbocycles. The van der Waals surface area contributed by atoms with Crippen LogP contribution in [-0.2, 0) is 4.74 Å². The number of hydrogen-bond acceptors (Lipinski definition) is 4. The first-order valence-electron chi connectivity index (χ1n) is 4.68. The molecule has 1 aromatic rings. The van der Waals surface area contributed by atoms with E-state index in [1.54, 1.807) is 12.3 Å². The summed E-state index contributed by atoms with van der Waals surface area (Å²) >= 11 is 0. The molecule has 4 nitrogen and oxygen atoms in total. The molecule has 0 bridgehead atoms. The third kappa shape index (κ3) is 12.8. The highest BCUT2D eigenvalue weighted by Crippen LogP contribution is 1.91. The zero-order valence-electron chi connectivity index (χ0n) is 8.67. The van der Waals surface area contributed by atoms with Gasteiger partial charge >= 0.3 is 0 Å². The topological polar surface area (TPSA) is 65.9 Å². The molecule has 1 aromatic heterocycles. The first kappa shape index (κ1) is 13.8. The quantitative estimate of drug-likeness (QED) is 0.707. The monoisotopic (exact) mass is 211 g/mol. The van der Waals surface area contributed by atoms with E-state index in [1.807, 2.05) is 18.2 Å². The van der Waals surface area contributed by atoms with E-state index in [4.69, 9.17) is 10.2 Å². The van der Waals surface area contributed by atoms with Crippen molar-refractivity contribution in [3.05, 3.63) is 36.7 Å². The Morgan fingerprint density at radius 3 is 2.13 bits per heavy atom. The second-order valence-electron chi connectivity index (χ2n) is 2.52. The van der Waals surface area contributed by atoms with Crippen LogP contribution in [0.15, 0.2) is 31.0 Å². The van der Waals surface area contributed by atoms with Crippen molar-refractivity contribution in [2.75, 3.05) is 26.4 Å². The average molecular weight is 211 g/mol. The van der Waals surface area contributed by atoms with E-state index in [0.29, 0.717) is 0 Å². The Balaban J connectivity index is 0.000000233. The Hall–Kier alpha value is -1.23. The maximum atomic E-state index is 7.62. The van der Waals surface area contributed by atoms with Gasteiger partial charge in [-0.05, 0) is 18.2 Å². The molecular weight excluding hydrogens is 194 g/mol. The van der Waals surface area contributed by atoms with Crippen LogP contribution in [-0.4, -0.2) is 41.6 Å². The van der Waals surface area contributed by atoms with Crippen LogP contribution in [0.25, 0.3) is 6.08 Å². The number of ether oxygens (including phenoxy) is 1. The molecule has 0 unspecified atom stereocenters. The summed E-state index contributed by atoms with van der Waals surface area (Å²) in [6, 6.07) is 5.73. The predicted molar refractivity (Wildman–Crippen MR) is 59.3 cm³/mol. The van der Waals surface area contributed by atoms with Gasteiger partial charge in [-0.1, -0.05) is 12.6 Å². The molecule has 2 heterocycles. The number of rotatable bonds is 2. The lowest BCUT2D eigenvalue weighted by molar-refractivity contribution is 0.186. The SMILES string of the molecule is C1CO1.C=Cc1ccccn1.OCCO. The molecular formula is C11H17NO3. The average Bonchev–Trinajstić information content (AvgIpc) is 3.18. The van der Waals surface area contributed by atoms with Crippen LogP contribution in [0.1, 0.15) is 5.69 Å². The Kier molecular flexibility index (Phi) is 9.96. The summed E-state index contributed by atoms with van der Waals surface area (Å²) in [6.45, 7) is 5.32. The van der Waals surface area contributed by atoms with Gasteiger partial charge in [0.25, 0.3) is 0 Å². The van der Waals surface area contributed by atoms with Crippen LogP contribution in [0, 0.1) is 0 Å². The van der Waals surface area contributed by atoms with Gasteiger partial charge in [-0.2, -0.15) is 0 Å². The van der Waals surface area contributed by atoms with Crippen molar-refractivity contribution in [1.82, 2.24) is 4.98 Å². The lowest BCUT2D eigenvalue weighted by Gasteiger charge is -1.84. The molecule has 0 atom stereocenters. The minimum atomic E-state index is -0.125. The molecule has 0 aromatic carbocycles. The summed E-state index contributed by atoms with van der Waals surface area (Å²) in [5.41, 5.74) is 0.924. The summed E-state index contributed by atoms with van der Waals surface area (Å²) in [7, 11) is 0. The minimum absolute atomic E-state index is 0.125. The summed E-state index contributed by atoms with van der Waals surface area (Å²) in [4.78, 5) is 3.98. The lowest BCUT2D eigenvalue weighted by Crippen LogP contribution is -1.85. The largest absolute Gasteiger partial charge is 0.394 e.